The number of nitrogens with zero attached hydrogens (tertiary/aromatic N) is 9. The van der Waals surface area contributed by atoms with Crippen molar-refractivity contribution < 1.29 is 39.5 Å². The number of rotatable bonds is 16. The molecule has 12 aromatic rings. The summed E-state index contributed by atoms with van der Waals surface area (Å²) in [6, 6.07) is 49.7. The minimum Gasteiger partial charge on any atom is -0.494 e. The van der Waals surface area contributed by atoms with E-state index >= 15 is 0 Å². The summed E-state index contributed by atoms with van der Waals surface area (Å²) in [7, 11) is -8.39. The number of aryl methyl sites for hydroxylation is 2. The van der Waals surface area contributed by atoms with E-state index in [9.17, 15) is 25.3 Å². The molecule has 12 rings (SSSR count). The normalized spacial score (nSPS) is 12.2. The van der Waals surface area contributed by atoms with Crippen molar-refractivity contribution in [2.45, 2.75) is 127 Å². The Labute approximate surface area is 567 Å². The van der Waals surface area contributed by atoms with E-state index in [1.165, 1.54) is 16.8 Å². The molecule has 0 aliphatic carbocycles. The third kappa shape index (κ3) is 15.9. The molecule has 6 heterocycles. The summed E-state index contributed by atoms with van der Waals surface area (Å²) in [6.45, 7) is 26.0. The molecule has 0 unspecified atom stereocenters. The highest BCUT2D eigenvalue weighted by Gasteiger charge is 2.27. The molecule has 0 spiro atoms. The third-order valence-electron chi connectivity index (χ3n) is 15.5. The molecule has 504 valence electrons. The van der Waals surface area contributed by atoms with Crippen molar-refractivity contribution >= 4 is 80.2 Å². The molecular weight excluding hydrogens is 1290 g/mol. The molecule has 0 aliphatic heterocycles. The lowest BCUT2D eigenvalue weighted by Crippen LogP contribution is -2.23. The minimum atomic E-state index is -3.89. The van der Waals surface area contributed by atoms with E-state index in [-0.39, 0.29) is 42.9 Å². The molecule has 6 aromatic heterocycles. The van der Waals surface area contributed by atoms with Gasteiger partial charge in [0.2, 0.25) is 0 Å². The first-order valence-electron chi connectivity index (χ1n) is 31.2. The second-order valence-electron chi connectivity index (χ2n) is 26.5. The molecule has 0 saturated heterocycles. The second kappa shape index (κ2) is 27.5. The lowest BCUT2D eigenvalue weighted by atomic mass is 9.87. The van der Waals surface area contributed by atoms with E-state index in [1.807, 2.05) is 133 Å². The molecule has 0 aliphatic rings. The SMILES string of the molecule is CC(C)c1cc(NS(=O)(=O)c2ccc(C(C)(C)C)cc2)n(-c2cccc3ncccc23)n1.COc1ccc2ncccc2c1-n1nc(C)cc1NS(=O)(=O)c1ccc(C(C)(C)C)cc1.COc1ccc2ncccc2c1-n1nc(C)cc1NS(=O)(=O)c1ccc(OC(C)(C)C)cc1. The highest BCUT2D eigenvalue weighted by atomic mass is 32.2. The van der Waals surface area contributed by atoms with Crippen molar-refractivity contribution in [2.75, 3.05) is 28.4 Å². The summed E-state index contributed by atoms with van der Waals surface area (Å²) < 4.78 is 109. The fourth-order valence-electron chi connectivity index (χ4n) is 10.6. The van der Waals surface area contributed by atoms with E-state index in [1.54, 1.807) is 116 Å². The maximum atomic E-state index is 13.2. The van der Waals surface area contributed by atoms with Crippen LogP contribution in [-0.2, 0) is 40.9 Å². The van der Waals surface area contributed by atoms with E-state index in [0.29, 0.717) is 51.6 Å². The predicted octanol–water partition coefficient (Wildman–Crippen LogP) is 15.2. The van der Waals surface area contributed by atoms with Gasteiger partial charge in [0.05, 0.1) is 68.2 Å². The van der Waals surface area contributed by atoms with Gasteiger partial charge >= 0.3 is 0 Å². The second-order valence-corrected chi connectivity index (χ2v) is 31.5. The minimum absolute atomic E-state index is 0.0527. The maximum absolute atomic E-state index is 13.2. The molecule has 24 heteroatoms. The summed E-state index contributed by atoms with van der Waals surface area (Å²) in [6.07, 6.45) is 5.14. The zero-order valence-electron chi connectivity index (χ0n) is 56.9. The number of nitrogens with one attached hydrogen (secondary N) is 3. The summed E-state index contributed by atoms with van der Waals surface area (Å²) in [5.74, 6) is 2.83. The zero-order valence-corrected chi connectivity index (χ0v) is 59.3. The summed E-state index contributed by atoms with van der Waals surface area (Å²) >= 11 is 0. The Morgan fingerprint density at radius 1 is 0.423 bits per heavy atom. The first kappa shape index (κ1) is 69.7. The Morgan fingerprint density at radius 3 is 1.19 bits per heavy atom. The van der Waals surface area contributed by atoms with Crippen LogP contribution < -0.4 is 28.4 Å². The van der Waals surface area contributed by atoms with Gasteiger partial charge in [-0.1, -0.05) is 85.7 Å². The average molecular weight is 1370 g/mol. The van der Waals surface area contributed by atoms with Crippen molar-refractivity contribution in [1.29, 1.82) is 0 Å². The van der Waals surface area contributed by atoms with Crippen molar-refractivity contribution in [2.24, 2.45) is 0 Å². The van der Waals surface area contributed by atoms with Crippen LogP contribution in [0, 0.1) is 13.8 Å². The average Bonchev–Trinajstić information content (AvgIpc) is 1.74. The molecule has 0 radical (unpaired) electrons. The number of ether oxygens (including phenoxy) is 3. The van der Waals surface area contributed by atoms with Crippen LogP contribution in [0.4, 0.5) is 17.5 Å². The van der Waals surface area contributed by atoms with Crippen LogP contribution in [0.2, 0.25) is 0 Å². The number of benzene rings is 6. The Hall–Kier alpha value is -10.2. The summed E-state index contributed by atoms with van der Waals surface area (Å²) in [5.41, 5.74) is 8.04. The van der Waals surface area contributed by atoms with Crippen molar-refractivity contribution in [1.82, 2.24) is 44.3 Å². The van der Waals surface area contributed by atoms with Gasteiger partial charge in [0.15, 0.2) is 0 Å². The van der Waals surface area contributed by atoms with Gasteiger partial charge in [-0.3, -0.25) is 29.1 Å². The molecule has 97 heavy (non-hydrogen) atoms. The quantitative estimate of drug-likeness (QED) is 0.0812. The Kier molecular flexibility index (Phi) is 19.8. The molecule has 3 N–H and O–H groups in total. The molecule has 0 bridgehead atoms. The van der Waals surface area contributed by atoms with Gasteiger partial charge in [-0.05, 0) is 184 Å². The molecule has 0 saturated carbocycles. The van der Waals surface area contributed by atoms with E-state index in [4.69, 9.17) is 19.3 Å². The highest BCUT2D eigenvalue weighted by Crippen LogP contribution is 2.37. The molecular formula is C73H80N12O9S3. The van der Waals surface area contributed by atoms with Crippen LogP contribution in [0.25, 0.3) is 49.8 Å². The highest BCUT2D eigenvalue weighted by molar-refractivity contribution is 7.93. The number of anilines is 3. The number of hydrogen-bond donors (Lipinski definition) is 3. The van der Waals surface area contributed by atoms with Gasteiger partial charge in [0.1, 0.15) is 51.7 Å². The van der Waals surface area contributed by atoms with Crippen molar-refractivity contribution in [3.8, 4) is 34.3 Å². The molecule has 0 fully saturated rings. The van der Waals surface area contributed by atoms with Crippen LogP contribution in [0.1, 0.15) is 110 Å². The monoisotopic (exact) mass is 1360 g/mol. The fraction of sp³-hybridized carbons (Fsp3) is 0.260. The Bertz CT molecular complexity index is 5180. The topological polar surface area (TPSA) is 258 Å². The number of aromatic nitrogens is 9. The Balaban J connectivity index is 0.000000158. The van der Waals surface area contributed by atoms with Crippen molar-refractivity contribution in [3.05, 3.63) is 217 Å². The van der Waals surface area contributed by atoms with Crippen LogP contribution in [-0.4, -0.2) is 89.4 Å². The zero-order chi connectivity index (χ0) is 70.0. The number of fused-ring (bicyclic) bond motifs is 3. The van der Waals surface area contributed by atoms with Gasteiger partial charge in [-0.2, -0.15) is 15.3 Å². The largest absolute Gasteiger partial charge is 0.494 e. The van der Waals surface area contributed by atoms with Gasteiger partial charge in [0, 0.05) is 52.9 Å². The van der Waals surface area contributed by atoms with Gasteiger partial charge in [-0.15, -0.1) is 0 Å². The maximum Gasteiger partial charge on any atom is 0.263 e. The van der Waals surface area contributed by atoms with Crippen LogP contribution in [0.3, 0.4) is 0 Å². The van der Waals surface area contributed by atoms with E-state index < -0.39 is 30.1 Å². The van der Waals surface area contributed by atoms with Crippen LogP contribution in [0.5, 0.6) is 17.2 Å². The van der Waals surface area contributed by atoms with Gasteiger partial charge < -0.3 is 14.2 Å². The first-order valence-corrected chi connectivity index (χ1v) is 35.7. The van der Waals surface area contributed by atoms with Crippen LogP contribution >= 0.6 is 0 Å². The van der Waals surface area contributed by atoms with E-state index in [0.717, 1.165) is 55.2 Å². The summed E-state index contributed by atoms with van der Waals surface area (Å²) in [5, 5.41) is 16.3. The number of pyridine rings is 3. The summed E-state index contributed by atoms with van der Waals surface area (Å²) in [4.78, 5) is 13.7. The van der Waals surface area contributed by atoms with Gasteiger partial charge in [-0.25, -0.2) is 39.3 Å². The number of methoxy groups -OCH3 is 2. The Morgan fingerprint density at radius 2 is 0.804 bits per heavy atom. The lowest BCUT2D eigenvalue weighted by Gasteiger charge is -2.21. The third-order valence-corrected chi connectivity index (χ3v) is 19.6. The number of sulfonamides is 3. The molecule has 0 atom stereocenters. The van der Waals surface area contributed by atoms with Gasteiger partial charge in [0.25, 0.3) is 30.1 Å². The lowest BCUT2D eigenvalue weighted by molar-refractivity contribution is 0.131. The first-order chi connectivity index (χ1) is 45.7. The smallest absolute Gasteiger partial charge is 0.263 e. The van der Waals surface area contributed by atoms with Crippen molar-refractivity contribution in [3.63, 3.8) is 0 Å². The standard InChI is InChI=1S/C25H28N4O2S.C24H26N4O4S.C24H26N4O3S/c1-17(2)22-16-24(28-32(30,31)19-13-11-18(12-14-19)25(3,4)5)29(27-22)23-10-6-9-21-20(23)8-7-15-26-21;1-16-15-22(27-33(29,30)18-10-8-17(9-11-18)32-24(2,3)4)28(26-16)23-19-7-6-14-25-20(19)12-13-21(23)31-5;1-16-15-22(27-32(29,30)18-10-8-17(9-11-18)24(2,3)4)28(26-16)23-19-7-6-14-25-20(19)12-13-21(23)31-5/h6-17,28H,1-5H3;6-15,27H,1-5H3;6-15,27H,1-5H3. The van der Waals surface area contributed by atoms with E-state index in [2.05, 4.69) is 80.9 Å². The molecule has 6 aromatic carbocycles. The predicted molar refractivity (Wildman–Crippen MR) is 383 cm³/mol. The number of hydrogen-bond acceptors (Lipinski definition) is 15. The van der Waals surface area contributed by atoms with Crippen LogP contribution in [0.15, 0.2) is 203 Å². The fourth-order valence-corrected chi connectivity index (χ4v) is 13.7. The molecule has 0 amide bonds. The molecule has 21 nitrogen and oxygen atoms in total.